The highest BCUT2D eigenvalue weighted by molar-refractivity contribution is 6.28. The predicted octanol–water partition coefficient (Wildman–Crippen LogP) is 1.97. The van der Waals surface area contributed by atoms with E-state index < -0.39 is 0 Å². The lowest BCUT2D eigenvalue weighted by atomic mass is 10.2. The molecular formula is C11H18ClN5. The number of hydrogen-bond donors (Lipinski definition) is 0. The highest BCUT2D eigenvalue weighted by Gasteiger charge is 2.15. The van der Waals surface area contributed by atoms with Crippen LogP contribution in [0, 0.1) is 0 Å². The van der Waals surface area contributed by atoms with Gasteiger partial charge in [-0.3, -0.25) is 0 Å². The number of rotatable bonds is 2. The van der Waals surface area contributed by atoms with Crippen LogP contribution in [0.3, 0.4) is 0 Å². The summed E-state index contributed by atoms with van der Waals surface area (Å²) in [6.45, 7) is 2.01. The van der Waals surface area contributed by atoms with E-state index in [1.807, 2.05) is 19.0 Å². The number of aromatic nitrogens is 3. The Bertz CT molecular complexity index is 374. The maximum atomic E-state index is 5.94. The molecule has 0 unspecified atom stereocenters. The van der Waals surface area contributed by atoms with Gasteiger partial charge in [0.25, 0.3) is 0 Å². The molecular weight excluding hydrogens is 238 g/mol. The molecule has 6 heteroatoms. The molecule has 0 saturated carbocycles. The molecule has 1 aromatic rings. The van der Waals surface area contributed by atoms with Crippen LogP contribution < -0.4 is 9.80 Å². The third kappa shape index (κ3) is 3.19. The van der Waals surface area contributed by atoms with Crippen LogP contribution in [0.5, 0.6) is 0 Å². The van der Waals surface area contributed by atoms with Crippen molar-refractivity contribution >= 4 is 23.5 Å². The molecule has 0 bridgehead atoms. The minimum Gasteiger partial charge on any atom is -0.347 e. The molecule has 1 saturated heterocycles. The molecule has 0 spiro atoms. The van der Waals surface area contributed by atoms with Gasteiger partial charge in [-0.1, -0.05) is 12.8 Å². The molecule has 0 amide bonds. The lowest BCUT2D eigenvalue weighted by Gasteiger charge is -2.21. The molecule has 1 aromatic heterocycles. The van der Waals surface area contributed by atoms with Crippen molar-refractivity contribution in [2.24, 2.45) is 0 Å². The minimum absolute atomic E-state index is 0.267. The van der Waals surface area contributed by atoms with E-state index in [1.165, 1.54) is 25.7 Å². The van der Waals surface area contributed by atoms with E-state index in [0.717, 1.165) is 13.1 Å². The van der Waals surface area contributed by atoms with Gasteiger partial charge < -0.3 is 9.80 Å². The number of hydrogen-bond acceptors (Lipinski definition) is 5. The summed E-state index contributed by atoms with van der Waals surface area (Å²) < 4.78 is 0. The van der Waals surface area contributed by atoms with Gasteiger partial charge in [0.2, 0.25) is 17.2 Å². The van der Waals surface area contributed by atoms with Crippen LogP contribution >= 0.6 is 11.6 Å². The van der Waals surface area contributed by atoms with Crippen molar-refractivity contribution in [1.29, 1.82) is 0 Å². The molecule has 1 aliphatic heterocycles. The van der Waals surface area contributed by atoms with Gasteiger partial charge in [0.15, 0.2) is 0 Å². The monoisotopic (exact) mass is 255 g/mol. The third-order valence-corrected chi connectivity index (χ3v) is 3.04. The first-order valence-electron chi connectivity index (χ1n) is 6.00. The van der Waals surface area contributed by atoms with Crippen LogP contribution in [0.15, 0.2) is 0 Å². The van der Waals surface area contributed by atoms with Gasteiger partial charge in [-0.05, 0) is 24.4 Å². The second-order valence-corrected chi connectivity index (χ2v) is 4.84. The van der Waals surface area contributed by atoms with Gasteiger partial charge >= 0.3 is 0 Å². The molecule has 1 aliphatic rings. The Hall–Kier alpha value is -1.10. The van der Waals surface area contributed by atoms with Crippen molar-refractivity contribution in [2.45, 2.75) is 25.7 Å². The van der Waals surface area contributed by atoms with Gasteiger partial charge in [-0.15, -0.1) is 0 Å². The highest BCUT2D eigenvalue weighted by atomic mass is 35.5. The summed E-state index contributed by atoms with van der Waals surface area (Å²) in [6, 6.07) is 0. The van der Waals surface area contributed by atoms with Crippen LogP contribution in [-0.2, 0) is 0 Å². The van der Waals surface area contributed by atoms with Crippen molar-refractivity contribution in [1.82, 2.24) is 15.0 Å². The van der Waals surface area contributed by atoms with E-state index in [2.05, 4.69) is 19.9 Å². The van der Waals surface area contributed by atoms with E-state index >= 15 is 0 Å². The van der Waals surface area contributed by atoms with E-state index in [-0.39, 0.29) is 5.28 Å². The summed E-state index contributed by atoms with van der Waals surface area (Å²) >= 11 is 5.94. The van der Waals surface area contributed by atoms with Crippen molar-refractivity contribution in [3.05, 3.63) is 5.28 Å². The number of anilines is 2. The fraction of sp³-hybridized carbons (Fsp3) is 0.727. The van der Waals surface area contributed by atoms with Crippen molar-refractivity contribution in [3.8, 4) is 0 Å². The molecule has 0 atom stereocenters. The maximum absolute atomic E-state index is 5.94. The maximum Gasteiger partial charge on any atom is 0.231 e. The van der Waals surface area contributed by atoms with Crippen LogP contribution in [0.1, 0.15) is 25.7 Å². The zero-order valence-corrected chi connectivity index (χ0v) is 11.1. The smallest absolute Gasteiger partial charge is 0.231 e. The Kier molecular flexibility index (Phi) is 3.99. The number of nitrogens with zero attached hydrogens (tertiary/aromatic N) is 5. The average Bonchev–Trinajstić information content (AvgIpc) is 2.56. The van der Waals surface area contributed by atoms with Gasteiger partial charge in [-0.25, -0.2) is 0 Å². The zero-order valence-electron chi connectivity index (χ0n) is 10.4. The first-order valence-corrected chi connectivity index (χ1v) is 6.38. The summed E-state index contributed by atoms with van der Waals surface area (Å²) in [5, 5.41) is 0.267. The first kappa shape index (κ1) is 12.4. The summed E-state index contributed by atoms with van der Waals surface area (Å²) in [5.41, 5.74) is 0. The third-order valence-electron chi connectivity index (χ3n) is 2.87. The normalized spacial score (nSPS) is 16.8. The Morgan fingerprint density at radius 1 is 1.00 bits per heavy atom. The summed E-state index contributed by atoms with van der Waals surface area (Å²) in [7, 11) is 3.80. The van der Waals surface area contributed by atoms with Crippen LogP contribution in [-0.4, -0.2) is 42.1 Å². The quantitative estimate of drug-likeness (QED) is 0.809. The summed E-state index contributed by atoms with van der Waals surface area (Å²) in [6.07, 6.45) is 4.97. The second kappa shape index (κ2) is 5.49. The van der Waals surface area contributed by atoms with Gasteiger partial charge in [-0.2, -0.15) is 15.0 Å². The second-order valence-electron chi connectivity index (χ2n) is 4.50. The lowest BCUT2D eigenvalue weighted by molar-refractivity contribution is 0.726. The molecule has 0 aromatic carbocycles. The Morgan fingerprint density at radius 3 is 2.24 bits per heavy atom. The van der Waals surface area contributed by atoms with Crippen molar-refractivity contribution < 1.29 is 0 Å². The Labute approximate surface area is 107 Å². The molecule has 94 valence electrons. The predicted molar refractivity (Wildman–Crippen MR) is 69.8 cm³/mol. The van der Waals surface area contributed by atoms with E-state index in [4.69, 9.17) is 11.6 Å². The molecule has 5 nitrogen and oxygen atoms in total. The fourth-order valence-electron chi connectivity index (χ4n) is 1.94. The summed E-state index contributed by atoms with van der Waals surface area (Å²) in [4.78, 5) is 16.8. The van der Waals surface area contributed by atoms with Crippen molar-refractivity contribution in [2.75, 3.05) is 37.0 Å². The molecule has 0 aliphatic carbocycles. The molecule has 2 rings (SSSR count). The van der Waals surface area contributed by atoms with Crippen molar-refractivity contribution in [3.63, 3.8) is 0 Å². The fourth-order valence-corrected chi connectivity index (χ4v) is 2.09. The molecule has 0 N–H and O–H groups in total. The minimum atomic E-state index is 0.267. The topological polar surface area (TPSA) is 45.2 Å². The van der Waals surface area contributed by atoms with Crippen LogP contribution in [0.25, 0.3) is 0 Å². The first-order chi connectivity index (χ1) is 8.16. The standard InChI is InChI=1S/C11H18ClN5/c1-16(2)10-13-9(12)14-11(15-10)17-7-5-3-4-6-8-17/h3-8H2,1-2H3. The van der Waals surface area contributed by atoms with Gasteiger partial charge in [0, 0.05) is 27.2 Å². The molecule has 2 heterocycles. The zero-order chi connectivity index (χ0) is 12.3. The van der Waals surface area contributed by atoms with E-state index in [1.54, 1.807) is 0 Å². The van der Waals surface area contributed by atoms with E-state index in [9.17, 15) is 0 Å². The van der Waals surface area contributed by atoms with Crippen LogP contribution in [0.2, 0.25) is 5.28 Å². The van der Waals surface area contributed by atoms with Gasteiger partial charge in [0.05, 0.1) is 0 Å². The SMILES string of the molecule is CN(C)c1nc(Cl)nc(N2CCCCCC2)n1. The number of halogens is 1. The average molecular weight is 256 g/mol. The summed E-state index contributed by atoms with van der Waals surface area (Å²) in [5.74, 6) is 1.32. The van der Waals surface area contributed by atoms with E-state index in [0.29, 0.717) is 11.9 Å². The molecule has 17 heavy (non-hydrogen) atoms. The molecule has 1 fully saturated rings. The Balaban J connectivity index is 2.23. The van der Waals surface area contributed by atoms with Crippen LogP contribution in [0.4, 0.5) is 11.9 Å². The largest absolute Gasteiger partial charge is 0.347 e. The van der Waals surface area contributed by atoms with Gasteiger partial charge in [0.1, 0.15) is 0 Å². The Morgan fingerprint density at radius 2 is 1.65 bits per heavy atom. The highest BCUT2D eigenvalue weighted by Crippen LogP contribution is 2.18. The molecule has 0 radical (unpaired) electrons. The lowest BCUT2D eigenvalue weighted by Crippen LogP contribution is -2.27.